The molecular weight excluding hydrogens is 571 g/mol. The summed E-state index contributed by atoms with van der Waals surface area (Å²) in [6, 6.07) is 16.5. The van der Waals surface area contributed by atoms with E-state index in [0.717, 1.165) is 16.9 Å². The zero-order valence-corrected chi connectivity index (χ0v) is 21.1. The van der Waals surface area contributed by atoms with Crippen molar-refractivity contribution in [2.45, 2.75) is 11.0 Å². The molecule has 2 aromatic rings. The van der Waals surface area contributed by atoms with Crippen LogP contribution in [0.2, 0.25) is 0 Å². The Morgan fingerprint density at radius 3 is 2.59 bits per heavy atom. The minimum absolute atomic E-state index is 0.127. The summed E-state index contributed by atoms with van der Waals surface area (Å²) in [6.45, 7) is 1.63. The van der Waals surface area contributed by atoms with Crippen molar-refractivity contribution in [3.05, 3.63) is 74.2 Å². The monoisotopic (exact) mass is 595 g/mol. The van der Waals surface area contributed by atoms with Crippen molar-refractivity contribution in [3.63, 3.8) is 0 Å². The fourth-order valence-corrected chi connectivity index (χ4v) is 6.42. The van der Waals surface area contributed by atoms with E-state index in [1.165, 1.54) is 6.21 Å². The zero-order valence-electron chi connectivity index (χ0n) is 18.1. The van der Waals surface area contributed by atoms with Gasteiger partial charge in [0.05, 0.1) is 0 Å². The summed E-state index contributed by atoms with van der Waals surface area (Å²) in [5, 5.41) is 8.81. The van der Waals surface area contributed by atoms with Gasteiger partial charge in [-0.15, -0.1) is 0 Å². The Morgan fingerprint density at radius 2 is 1.85 bits per heavy atom. The molecule has 0 spiro atoms. The molecule has 1 atom stereocenters. The SMILES string of the molecule is O=C(NO)C1=C[I-]C=C(N2CCOC(CNS(=O)(=O)c3ccc(-c4ccccc4)cc3)C2)N=C1. The van der Waals surface area contributed by atoms with Gasteiger partial charge in [-0.3, -0.25) is 0 Å². The van der Waals surface area contributed by atoms with Gasteiger partial charge in [-0.25, -0.2) is 0 Å². The first-order valence-corrected chi connectivity index (χ1v) is 14.5. The number of carbonyl (C=O) groups excluding carboxylic acids is 1. The minimum atomic E-state index is -3.69. The number of hydrogen-bond acceptors (Lipinski definition) is 7. The summed E-state index contributed by atoms with van der Waals surface area (Å²) < 4.78 is 37.8. The van der Waals surface area contributed by atoms with E-state index in [-0.39, 0.29) is 17.5 Å². The standard InChI is InChI=1S/C23H24IN4O5S/c29-23(27-30)19-12-24-13-22(25-14-19)28-10-11-33-20(16-28)15-26-34(31,32)21-8-6-18(7-9-21)17-4-2-1-3-5-17/h1-9,12-14,20,26,30H,10-11,15-16H2,(H,27,29)/q-1. The second-order valence-electron chi connectivity index (χ2n) is 7.54. The summed E-state index contributed by atoms with van der Waals surface area (Å²) in [4.78, 5) is 18.2. The Balaban J connectivity index is 1.35. The number of benzene rings is 2. The van der Waals surface area contributed by atoms with Crippen LogP contribution in [0, 0.1) is 0 Å². The summed E-state index contributed by atoms with van der Waals surface area (Å²) in [5.41, 5.74) is 3.90. The van der Waals surface area contributed by atoms with Crippen molar-refractivity contribution < 1.29 is 44.4 Å². The molecule has 0 bridgehead atoms. The number of hydrogen-bond donors (Lipinski definition) is 3. The Morgan fingerprint density at radius 1 is 1.12 bits per heavy atom. The first-order chi connectivity index (χ1) is 16.5. The summed E-state index contributed by atoms with van der Waals surface area (Å²) in [5.74, 6) is 0.126. The van der Waals surface area contributed by atoms with Gasteiger partial charge in [-0.2, -0.15) is 0 Å². The van der Waals surface area contributed by atoms with Crippen molar-refractivity contribution in [1.29, 1.82) is 0 Å². The first-order valence-electron chi connectivity index (χ1n) is 10.5. The number of sulfonamides is 1. The first kappa shape index (κ1) is 24.5. The van der Waals surface area contributed by atoms with Crippen molar-refractivity contribution >= 4 is 22.1 Å². The summed E-state index contributed by atoms with van der Waals surface area (Å²) in [6.07, 6.45) is 1.08. The summed E-state index contributed by atoms with van der Waals surface area (Å²) >= 11 is -0.568. The Labute approximate surface area is 208 Å². The molecule has 0 saturated carbocycles. The quantitative estimate of drug-likeness (QED) is 0.208. The molecule has 0 radical (unpaired) electrons. The summed E-state index contributed by atoms with van der Waals surface area (Å²) in [7, 11) is -3.69. The number of nitrogens with one attached hydrogen (secondary N) is 2. The molecule has 2 heterocycles. The van der Waals surface area contributed by atoms with Crippen LogP contribution < -0.4 is 31.4 Å². The van der Waals surface area contributed by atoms with Crippen molar-refractivity contribution in [3.8, 4) is 11.1 Å². The van der Waals surface area contributed by atoms with Crippen LogP contribution in [0.3, 0.4) is 0 Å². The van der Waals surface area contributed by atoms with E-state index in [0.29, 0.717) is 25.3 Å². The molecular formula is C23H24IN4O5S-. The van der Waals surface area contributed by atoms with Crippen LogP contribution in [-0.2, 0) is 19.6 Å². The Hall–Kier alpha value is -2.58. The van der Waals surface area contributed by atoms with Crippen LogP contribution in [0.5, 0.6) is 0 Å². The van der Waals surface area contributed by atoms with E-state index in [2.05, 4.69) is 9.71 Å². The molecule has 180 valence electrons. The molecule has 1 saturated heterocycles. The number of aliphatic imine (C=N–C) groups is 1. The number of hydroxylamine groups is 1. The Bertz CT molecular complexity index is 1210. The number of ether oxygens (including phenoxy) is 1. The third-order valence-electron chi connectivity index (χ3n) is 5.28. The third kappa shape index (κ3) is 6.10. The molecule has 1 fully saturated rings. The van der Waals surface area contributed by atoms with E-state index in [4.69, 9.17) is 9.94 Å². The molecule has 2 aliphatic heterocycles. The average Bonchev–Trinajstić information content (AvgIpc) is 3.14. The predicted molar refractivity (Wildman–Crippen MR) is 123 cm³/mol. The van der Waals surface area contributed by atoms with Crippen molar-refractivity contribution in [2.75, 3.05) is 26.2 Å². The van der Waals surface area contributed by atoms with Gasteiger partial charge in [0.1, 0.15) is 0 Å². The number of halogens is 1. The van der Waals surface area contributed by atoms with Crippen LogP contribution in [0.4, 0.5) is 0 Å². The van der Waals surface area contributed by atoms with Crippen LogP contribution in [0.1, 0.15) is 0 Å². The normalized spacial score (nSPS) is 18.9. The fourth-order valence-electron chi connectivity index (χ4n) is 3.47. The molecule has 1 unspecified atom stereocenters. The third-order valence-corrected chi connectivity index (χ3v) is 8.66. The van der Waals surface area contributed by atoms with E-state index in [1.54, 1.807) is 33.8 Å². The average molecular weight is 595 g/mol. The van der Waals surface area contributed by atoms with Gasteiger partial charge in [-0.05, 0) is 5.56 Å². The molecule has 3 N–H and O–H groups in total. The van der Waals surface area contributed by atoms with E-state index < -0.39 is 37.1 Å². The molecule has 34 heavy (non-hydrogen) atoms. The van der Waals surface area contributed by atoms with Gasteiger partial charge < -0.3 is 0 Å². The van der Waals surface area contributed by atoms with Crippen molar-refractivity contribution in [1.82, 2.24) is 15.1 Å². The Kier molecular flexibility index (Phi) is 8.11. The zero-order chi connectivity index (χ0) is 24.0. The second kappa shape index (κ2) is 11.2. The number of amides is 1. The molecule has 0 aliphatic carbocycles. The van der Waals surface area contributed by atoms with Gasteiger partial charge in [0.2, 0.25) is 0 Å². The molecule has 2 aliphatic rings. The van der Waals surface area contributed by atoms with Crippen molar-refractivity contribution in [2.24, 2.45) is 4.99 Å². The van der Waals surface area contributed by atoms with E-state index >= 15 is 0 Å². The predicted octanol–water partition coefficient (Wildman–Crippen LogP) is -1.31. The topological polar surface area (TPSA) is 120 Å². The van der Waals surface area contributed by atoms with Crippen LogP contribution in [-0.4, -0.2) is 63.0 Å². The van der Waals surface area contributed by atoms with Gasteiger partial charge in [0.25, 0.3) is 0 Å². The maximum atomic E-state index is 12.8. The molecule has 2 aromatic carbocycles. The number of carbonyl (C=O) groups is 1. The van der Waals surface area contributed by atoms with Crippen LogP contribution >= 0.6 is 0 Å². The van der Waals surface area contributed by atoms with Gasteiger partial charge in [0.15, 0.2) is 0 Å². The molecule has 0 aromatic heterocycles. The molecule has 9 nitrogen and oxygen atoms in total. The maximum absolute atomic E-state index is 12.8. The second-order valence-corrected chi connectivity index (χ2v) is 11.3. The number of rotatable bonds is 7. The molecule has 1 amide bonds. The van der Waals surface area contributed by atoms with Gasteiger partial charge in [-0.1, -0.05) is 30.3 Å². The molecule has 11 heteroatoms. The number of nitrogens with zero attached hydrogens (tertiary/aromatic N) is 2. The van der Waals surface area contributed by atoms with E-state index in [1.807, 2.05) is 39.3 Å². The van der Waals surface area contributed by atoms with Crippen LogP contribution in [0.25, 0.3) is 11.1 Å². The number of morpholine rings is 1. The fraction of sp³-hybridized carbons (Fsp3) is 0.217. The van der Waals surface area contributed by atoms with Crippen LogP contribution in [0.15, 0.2) is 84.0 Å². The van der Waals surface area contributed by atoms with E-state index in [9.17, 15) is 13.2 Å². The van der Waals surface area contributed by atoms with Gasteiger partial charge >= 0.3 is 173 Å². The molecule has 4 rings (SSSR count). The van der Waals surface area contributed by atoms with Gasteiger partial charge in [0, 0.05) is 0 Å².